The maximum atomic E-state index is 5.77. The van der Waals surface area contributed by atoms with Gasteiger partial charge in [-0.1, -0.05) is 34.1 Å². The van der Waals surface area contributed by atoms with E-state index in [0.717, 1.165) is 30.8 Å². The number of alkyl halides is 1. The molecule has 0 bridgehead atoms. The SMILES string of the molecule is COc1ccccc1[C@H]1C[C@@H](Br)CCO1. The zero-order valence-electron chi connectivity index (χ0n) is 8.78. The van der Waals surface area contributed by atoms with E-state index >= 15 is 0 Å². The van der Waals surface area contributed by atoms with Crippen LogP contribution in [0.25, 0.3) is 0 Å². The number of methoxy groups -OCH3 is 1. The summed E-state index contributed by atoms with van der Waals surface area (Å²) in [6.07, 6.45) is 2.27. The first-order valence-corrected chi connectivity index (χ1v) is 6.11. The second-order valence-corrected chi connectivity index (χ2v) is 5.02. The number of ether oxygens (including phenoxy) is 2. The predicted molar refractivity (Wildman–Crippen MR) is 63.6 cm³/mol. The largest absolute Gasteiger partial charge is 0.496 e. The van der Waals surface area contributed by atoms with Crippen LogP contribution in [-0.4, -0.2) is 18.5 Å². The fourth-order valence-electron chi connectivity index (χ4n) is 1.91. The number of rotatable bonds is 2. The number of benzene rings is 1. The number of halogens is 1. The van der Waals surface area contributed by atoms with E-state index in [1.54, 1.807) is 7.11 Å². The molecule has 0 aliphatic carbocycles. The zero-order valence-corrected chi connectivity index (χ0v) is 10.4. The third kappa shape index (κ3) is 2.52. The van der Waals surface area contributed by atoms with Crippen LogP contribution in [0.5, 0.6) is 5.75 Å². The highest BCUT2D eigenvalue weighted by Crippen LogP contribution is 2.35. The van der Waals surface area contributed by atoms with Gasteiger partial charge in [-0.15, -0.1) is 0 Å². The summed E-state index contributed by atoms with van der Waals surface area (Å²) >= 11 is 3.65. The van der Waals surface area contributed by atoms with Crippen molar-refractivity contribution in [3.63, 3.8) is 0 Å². The molecule has 2 rings (SSSR count). The lowest BCUT2D eigenvalue weighted by molar-refractivity contribution is 0.0173. The van der Waals surface area contributed by atoms with Gasteiger partial charge in [0, 0.05) is 17.0 Å². The highest BCUT2D eigenvalue weighted by molar-refractivity contribution is 9.09. The highest BCUT2D eigenvalue weighted by atomic mass is 79.9. The first-order valence-electron chi connectivity index (χ1n) is 5.20. The van der Waals surface area contributed by atoms with Gasteiger partial charge in [0.25, 0.3) is 0 Å². The second-order valence-electron chi connectivity index (χ2n) is 3.72. The Hall–Kier alpha value is -0.540. The summed E-state index contributed by atoms with van der Waals surface area (Å²) in [6, 6.07) is 8.07. The molecule has 0 saturated carbocycles. The topological polar surface area (TPSA) is 18.5 Å². The van der Waals surface area contributed by atoms with Crippen LogP contribution in [-0.2, 0) is 4.74 Å². The van der Waals surface area contributed by atoms with Gasteiger partial charge in [-0.3, -0.25) is 0 Å². The van der Waals surface area contributed by atoms with Crippen molar-refractivity contribution in [2.45, 2.75) is 23.8 Å². The van der Waals surface area contributed by atoms with Crippen molar-refractivity contribution >= 4 is 15.9 Å². The first kappa shape index (κ1) is 11.0. The summed E-state index contributed by atoms with van der Waals surface area (Å²) in [7, 11) is 1.70. The summed E-state index contributed by atoms with van der Waals surface area (Å²) < 4.78 is 11.1. The van der Waals surface area contributed by atoms with Gasteiger partial charge in [0.2, 0.25) is 0 Å². The molecular weight excluding hydrogens is 256 g/mol. The van der Waals surface area contributed by atoms with Gasteiger partial charge in [-0.25, -0.2) is 0 Å². The third-order valence-electron chi connectivity index (χ3n) is 2.71. The quantitative estimate of drug-likeness (QED) is 0.768. The van der Waals surface area contributed by atoms with Crippen LogP contribution in [0.15, 0.2) is 24.3 Å². The van der Waals surface area contributed by atoms with Crippen molar-refractivity contribution in [1.82, 2.24) is 0 Å². The predicted octanol–water partition coefficient (Wildman–Crippen LogP) is 3.31. The molecule has 1 aromatic rings. The van der Waals surface area contributed by atoms with Crippen molar-refractivity contribution in [2.24, 2.45) is 0 Å². The molecule has 1 aliphatic heterocycles. The Labute approximate surface area is 98.7 Å². The van der Waals surface area contributed by atoms with E-state index in [4.69, 9.17) is 9.47 Å². The molecule has 0 N–H and O–H groups in total. The lowest BCUT2D eigenvalue weighted by Gasteiger charge is -2.27. The molecule has 15 heavy (non-hydrogen) atoms. The monoisotopic (exact) mass is 270 g/mol. The van der Waals surface area contributed by atoms with E-state index in [1.165, 1.54) is 0 Å². The maximum Gasteiger partial charge on any atom is 0.124 e. The molecule has 0 aromatic heterocycles. The number of hydrogen-bond donors (Lipinski definition) is 0. The number of para-hydroxylation sites is 1. The Bertz CT molecular complexity index is 327. The van der Waals surface area contributed by atoms with Gasteiger partial charge in [-0.05, 0) is 18.9 Å². The molecule has 3 heteroatoms. The zero-order chi connectivity index (χ0) is 10.7. The van der Waals surface area contributed by atoms with Crippen LogP contribution in [0.2, 0.25) is 0 Å². The molecule has 0 spiro atoms. The van der Waals surface area contributed by atoms with E-state index in [-0.39, 0.29) is 6.10 Å². The minimum atomic E-state index is 0.166. The highest BCUT2D eigenvalue weighted by Gasteiger charge is 2.24. The average Bonchev–Trinajstić information content (AvgIpc) is 2.29. The fraction of sp³-hybridized carbons (Fsp3) is 0.500. The standard InChI is InChI=1S/C12H15BrO2/c1-14-11-5-3-2-4-10(11)12-8-9(13)6-7-15-12/h2-5,9,12H,6-8H2,1H3/t9-,12+/m0/s1. The molecule has 82 valence electrons. The minimum absolute atomic E-state index is 0.166. The normalized spacial score (nSPS) is 26.3. The van der Waals surface area contributed by atoms with Crippen LogP contribution in [0.1, 0.15) is 24.5 Å². The van der Waals surface area contributed by atoms with Gasteiger partial charge < -0.3 is 9.47 Å². The van der Waals surface area contributed by atoms with E-state index in [9.17, 15) is 0 Å². The van der Waals surface area contributed by atoms with Crippen molar-refractivity contribution in [1.29, 1.82) is 0 Å². The molecule has 1 fully saturated rings. The van der Waals surface area contributed by atoms with Crippen LogP contribution < -0.4 is 4.74 Å². The van der Waals surface area contributed by atoms with Gasteiger partial charge in [0.1, 0.15) is 5.75 Å². The van der Waals surface area contributed by atoms with Gasteiger partial charge in [0.05, 0.1) is 13.2 Å². The molecule has 2 atom stereocenters. The second kappa shape index (κ2) is 4.99. The summed E-state index contributed by atoms with van der Waals surface area (Å²) in [4.78, 5) is 0.557. The van der Waals surface area contributed by atoms with Gasteiger partial charge in [0.15, 0.2) is 0 Å². The molecule has 1 aliphatic rings. The van der Waals surface area contributed by atoms with E-state index < -0.39 is 0 Å². The Morgan fingerprint density at radius 3 is 2.93 bits per heavy atom. The van der Waals surface area contributed by atoms with Gasteiger partial charge in [-0.2, -0.15) is 0 Å². The van der Waals surface area contributed by atoms with Crippen molar-refractivity contribution in [3.05, 3.63) is 29.8 Å². The molecule has 1 aromatic carbocycles. The van der Waals surface area contributed by atoms with E-state index in [2.05, 4.69) is 22.0 Å². The van der Waals surface area contributed by atoms with Crippen molar-refractivity contribution < 1.29 is 9.47 Å². The Balaban J connectivity index is 2.20. The Morgan fingerprint density at radius 2 is 2.20 bits per heavy atom. The summed E-state index contributed by atoms with van der Waals surface area (Å²) in [5, 5.41) is 0. The number of hydrogen-bond acceptors (Lipinski definition) is 2. The van der Waals surface area contributed by atoms with Crippen LogP contribution in [0.3, 0.4) is 0 Å². The summed E-state index contributed by atoms with van der Waals surface area (Å²) in [5.74, 6) is 0.920. The lowest BCUT2D eigenvalue weighted by atomic mass is 10.0. The Morgan fingerprint density at radius 1 is 1.40 bits per heavy atom. The fourth-order valence-corrected chi connectivity index (χ4v) is 2.43. The molecule has 0 unspecified atom stereocenters. The molecular formula is C12H15BrO2. The summed E-state index contributed by atoms with van der Waals surface area (Å²) in [6.45, 7) is 0.818. The average molecular weight is 271 g/mol. The molecule has 1 heterocycles. The molecule has 2 nitrogen and oxygen atoms in total. The lowest BCUT2D eigenvalue weighted by Crippen LogP contribution is -2.19. The van der Waals surface area contributed by atoms with Crippen molar-refractivity contribution in [2.75, 3.05) is 13.7 Å². The molecule has 1 saturated heterocycles. The van der Waals surface area contributed by atoms with Gasteiger partial charge >= 0.3 is 0 Å². The summed E-state index contributed by atoms with van der Waals surface area (Å²) in [5.41, 5.74) is 1.16. The Kier molecular flexibility index (Phi) is 3.65. The third-order valence-corrected chi connectivity index (χ3v) is 3.54. The maximum absolute atomic E-state index is 5.77. The van der Waals surface area contributed by atoms with Crippen molar-refractivity contribution in [3.8, 4) is 5.75 Å². The van der Waals surface area contributed by atoms with Crippen LogP contribution >= 0.6 is 15.9 Å². The molecule has 0 amide bonds. The van der Waals surface area contributed by atoms with Crippen LogP contribution in [0.4, 0.5) is 0 Å². The molecule has 0 radical (unpaired) electrons. The minimum Gasteiger partial charge on any atom is -0.496 e. The van der Waals surface area contributed by atoms with E-state index in [1.807, 2.05) is 18.2 Å². The van der Waals surface area contributed by atoms with Crippen LogP contribution in [0, 0.1) is 0 Å². The first-order chi connectivity index (χ1) is 7.31. The van der Waals surface area contributed by atoms with E-state index in [0.29, 0.717) is 4.83 Å². The smallest absolute Gasteiger partial charge is 0.124 e.